The van der Waals surface area contributed by atoms with Gasteiger partial charge < -0.3 is 8.83 Å². The van der Waals surface area contributed by atoms with E-state index in [4.69, 9.17) is 23.8 Å². The summed E-state index contributed by atoms with van der Waals surface area (Å²) in [6.07, 6.45) is 0. The molecule has 3 aromatic heterocycles. The van der Waals surface area contributed by atoms with Crippen molar-refractivity contribution in [2.75, 3.05) is 0 Å². The van der Waals surface area contributed by atoms with E-state index >= 15 is 0 Å². The second-order valence-corrected chi connectivity index (χ2v) is 12.4. The van der Waals surface area contributed by atoms with Crippen LogP contribution in [0.3, 0.4) is 0 Å². The molecule has 0 aliphatic rings. The smallest absolute Gasteiger partial charge is 0.164 e. The van der Waals surface area contributed by atoms with Gasteiger partial charge in [-0.25, -0.2) is 15.0 Å². The van der Waals surface area contributed by atoms with Crippen molar-refractivity contribution in [3.63, 3.8) is 0 Å². The van der Waals surface area contributed by atoms with Gasteiger partial charge in [0.25, 0.3) is 0 Å². The molecular formula is C45H27N3O2. The number of aromatic nitrogens is 3. The Balaban J connectivity index is 1.05. The molecule has 0 radical (unpaired) electrons. The van der Waals surface area contributed by atoms with Gasteiger partial charge in [-0.1, -0.05) is 121 Å². The van der Waals surface area contributed by atoms with Crippen LogP contribution in [0.5, 0.6) is 0 Å². The predicted octanol–water partition coefficient (Wildman–Crippen LogP) is 12.0. The first kappa shape index (κ1) is 28.2. The lowest BCUT2D eigenvalue weighted by atomic mass is 9.95. The third-order valence-corrected chi connectivity index (χ3v) is 9.34. The molecule has 7 aromatic carbocycles. The Morgan fingerprint density at radius 2 is 0.800 bits per heavy atom. The van der Waals surface area contributed by atoms with Gasteiger partial charge in [-0.3, -0.25) is 0 Å². The first-order valence-corrected chi connectivity index (χ1v) is 16.6. The highest BCUT2D eigenvalue weighted by Crippen LogP contribution is 2.39. The molecule has 3 heterocycles. The lowest BCUT2D eigenvalue weighted by Crippen LogP contribution is -2.00. The van der Waals surface area contributed by atoms with E-state index in [0.29, 0.717) is 17.5 Å². The number of hydrogen-bond acceptors (Lipinski definition) is 5. The predicted molar refractivity (Wildman–Crippen MR) is 202 cm³/mol. The Kier molecular flexibility index (Phi) is 6.42. The Labute approximate surface area is 287 Å². The minimum absolute atomic E-state index is 0.595. The molecular weight excluding hydrogens is 615 g/mol. The van der Waals surface area contributed by atoms with E-state index in [9.17, 15) is 0 Å². The minimum Gasteiger partial charge on any atom is -0.456 e. The van der Waals surface area contributed by atoms with E-state index in [2.05, 4.69) is 78.9 Å². The van der Waals surface area contributed by atoms with E-state index < -0.39 is 0 Å². The zero-order chi connectivity index (χ0) is 33.0. The maximum Gasteiger partial charge on any atom is 0.164 e. The van der Waals surface area contributed by atoms with Crippen molar-refractivity contribution >= 4 is 43.9 Å². The van der Waals surface area contributed by atoms with E-state index in [1.54, 1.807) is 0 Å². The summed E-state index contributed by atoms with van der Waals surface area (Å²) in [5.74, 6) is 1.85. The van der Waals surface area contributed by atoms with Crippen LogP contribution in [0, 0.1) is 0 Å². The third kappa shape index (κ3) is 4.75. The van der Waals surface area contributed by atoms with Crippen LogP contribution >= 0.6 is 0 Å². The molecule has 0 spiro atoms. The summed E-state index contributed by atoms with van der Waals surface area (Å²) in [5.41, 5.74) is 10.6. The van der Waals surface area contributed by atoms with Gasteiger partial charge in [-0.2, -0.15) is 0 Å². The average Bonchev–Trinajstić information content (AvgIpc) is 3.76. The molecule has 0 saturated heterocycles. The normalized spacial score (nSPS) is 11.6. The second kappa shape index (κ2) is 11.4. The van der Waals surface area contributed by atoms with Crippen LogP contribution in [0.15, 0.2) is 173 Å². The fraction of sp³-hybridized carbons (Fsp3) is 0. The summed E-state index contributed by atoms with van der Waals surface area (Å²) in [6.45, 7) is 0. The van der Waals surface area contributed by atoms with Crippen LogP contribution in [0.25, 0.3) is 100 Å². The van der Waals surface area contributed by atoms with Crippen LogP contribution in [0.1, 0.15) is 0 Å². The Morgan fingerprint density at radius 3 is 1.52 bits per heavy atom. The van der Waals surface area contributed by atoms with Gasteiger partial charge in [-0.15, -0.1) is 0 Å². The number of rotatable bonds is 5. The summed E-state index contributed by atoms with van der Waals surface area (Å²) in [5, 5.41) is 4.36. The Hall–Kier alpha value is -6.85. The lowest BCUT2D eigenvalue weighted by Gasteiger charge is -2.08. The Bertz CT molecular complexity index is 2810. The van der Waals surface area contributed by atoms with Gasteiger partial charge in [-0.05, 0) is 64.7 Å². The number of fused-ring (bicyclic) bond motifs is 6. The topological polar surface area (TPSA) is 65.0 Å². The molecule has 5 heteroatoms. The minimum atomic E-state index is 0.595. The number of nitrogens with zero attached hydrogens (tertiary/aromatic N) is 3. The Morgan fingerprint density at radius 1 is 0.300 bits per heavy atom. The molecule has 0 atom stereocenters. The van der Waals surface area contributed by atoms with Gasteiger partial charge in [0.05, 0.1) is 0 Å². The van der Waals surface area contributed by atoms with Crippen molar-refractivity contribution in [3.8, 4) is 56.4 Å². The summed E-state index contributed by atoms with van der Waals surface area (Å²) >= 11 is 0. The molecule has 0 amide bonds. The molecule has 0 unspecified atom stereocenters. The van der Waals surface area contributed by atoms with Gasteiger partial charge in [0, 0.05) is 38.2 Å². The summed E-state index contributed by atoms with van der Waals surface area (Å²) in [7, 11) is 0. The van der Waals surface area contributed by atoms with Crippen LogP contribution < -0.4 is 0 Å². The van der Waals surface area contributed by atoms with E-state index in [1.165, 1.54) is 0 Å². The maximum atomic E-state index is 6.53. The molecule has 50 heavy (non-hydrogen) atoms. The highest BCUT2D eigenvalue weighted by atomic mass is 16.3. The molecule has 0 aliphatic carbocycles. The van der Waals surface area contributed by atoms with E-state index in [0.717, 1.165) is 82.8 Å². The fourth-order valence-electron chi connectivity index (χ4n) is 6.91. The molecule has 234 valence electrons. The number of hydrogen-bond donors (Lipinski definition) is 0. The molecule has 10 rings (SSSR count). The number of para-hydroxylation sites is 1. The van der Waals surface area contributed by atoms with Crippen LogP contribution in [0.2, 0.25) is 0 Å². The SMILES string of the molecule is c1ccc(-c2nc(-c3ccccc3)nc(-c3ccc4c(c3)oc3cc(-c5cccc(-c6cccc7oc8ccccc8c67)c5)ccc34)n2)cc1. The highest BCUT2D eigenvalue weighted by Gasteiger charge is 2.16. The first-order valence-electron chi connectivity index (χ1n) is 16.6. The molecule has 0 bridgehead atoms. The highest BCUT2D eigenvalue weighted by molar-refractivity contribution is 6.12. The molecule has 5 nitrogen and oxygen atoms in total. The van der Waals surface area contributed by atoms with Gasteiger partial charge in [0.2, 0.25) is 0 Å². The zero-order valence-electron chi connectivity index (χ0n) is 26.7. The molecule has 10 aromatic rings. The van der Waals surface area contributed by atoms with Crippen molar-refractivity contribution in [1.29, 1.82) is 0 Å². The van der Waals surface area contributed by atoms with Crippen molar-refractivity contribution < 1.29 is 8.83 Å². The fourth-order valence-corrected chi connectivity index (χ4v) is 6.91. The van der Waals surface area contributed by atoms with Crippen LogP contribution in [-0.2, 0) is 0 Å². The summed E-state index contributed by atoms with van der Waals surface area (Å²) in [6, 6.07) is 55.8. The van der Waals surface area contributed by atoms with Crippen LogP contribution in [-0.4, -0.2) is 15.0 Å². The van der Waals surface area contributed by atoms with Crippen molar-refractivity contribution in [2.45, 2.75) is 0 Å². The molecule has 0 fully saturated rings. The number of furan rings is 2. The second-order valence-electron chi connectivity index (χ2n) is 12.4. The molecule has 0 N–H and O–H groups in total. The average molecular weight is 642 g/mol. The van der Waals surface area contributed by atoms with Gasteiger partial charge in [0.15, 0.2) is 17.5 Å². The van der Waals surface area contributed by atoms with Gasteiger partial charge in [0.1, 0.15) is 22.3 Å². The van der Waals surface area contributed by atoms with Crippen LogP contribution in [0.4, 0.5) is 0 Å². The molecule has 0 saturated carbocycles. The van der Waals surface area contributed by atoms with E-state index in [-0.39, 0.29) is 0 Å². The number of benzene rings is 7. The molecule has 0 aliphatic heterocycles. The third-order valence-electron chi connectivity index (χ3n) is 9.34. The van der Waals surface area contributed by atoms with Gasteiger partial charge >= 0.3 is 0 Å². The van der Waals surface area contributed by atoms with Crippen molar-refractivity contribution in [1.82, 2.24) is 15.0 Å². The quantitative estimate of drug-likeness (QED) is 0.187. The monoisotopic (exact) mass is 641 g/mol. The zero-order valence-corrected chi connectivity index (χ0v) is 26.7. The van der Waals surface area contributed by atoms with E-state index in [1.807, 2.05) is 84.9 Å². The standard InChI is InChI=1S/C45H27N3O2/c1-3-11-28(12-4-1)43-46-44(29-13-5-2-6-14-29)48-45(47-43)33-22-24-36-35-23-21-31(26-40(35)50-41(36)27-33)30-15-9-16-32(25-30)34-18-10-20-39-42(34)37-17-7-8-19-38(37)49-39/h1-27H. The first-order chi connectivity index (χ1) is 24.7. The maximum absolute atomic E-state index is 6.53. The summed E-state index contributed by atoms with van der Waals surface area (Å²) < 4.78 is 12.7. The lowest BCUT2D eigenvalue weighted by molar-refractivity contribution is 0.668. The largest absolute Gasteiger partial charge is 0.456 e. The summed E-state index contributed by atoms with van der Waals surface area (Å²) in [4.78, 5) is 14.7. The van der Waals surface area contributed by atoms with Crippen molar-refractivity contribution in [3.05, 3.63) is 164 Å². The van der Waals surface area contributed by atoms with Crippen molar-refractivity contribution in [2.24, 2.45) is 0 Å².